The van der Waals surface area contributed by atoms with E-state index in [0.717, 1.165) is 61.7 Å². The number of carbonyl (C=O) groups excluding carboxylic acids is 1. The van der Waals surface area contributed by atoms with Crippen molar-refractivity contribution in [1.29, 1.82) is 0 Å². The molecule has 2 aromatic rings. The third-order valence-corrected chi connectivity index (χ3v) is 10.2. The van der Waals surface area contributed by atoms with Crippen molar-refractivity contribution < 1.29 is 18.3 Å². The highest BCUT2D eigenvalue weighted by molar-refractivity contribution is 5.95. The molecule has 214 valence electrons. The lowest BCUT2D eigenvalue weighted by molar-refractivity contribution is -0.115. The van der Waals surface area contributed by atoms with E-state index >= 15 is 0 Å². The molecule has 4 heterocycles. The summed E-state index contributed by atoms with van der Waals surface area (Å²) in [5, 5.41) is 11.2. The van der Waals surface area contributed by atoms with Gasteiger partial charge in [0.25, 0.3) is 0 Å². The molecule has 41 heavy (non-hydrogen) atoms. The molecule has 10 heteroatoms. The van der Waals surface area contributed by atoms with E-state index in [1.54, 1.807) is 4.68 Å². The molecule has 1 aromatic heterocycles. The molecule has 1 spiro atoms. The summed E-state index contributed by atoms with van der Waals surface area (Å²) in [7, 11) is 0. The number of aromatic nitrogens is 3. The normalized spacial score (nSPS) is 28.7. The number of hydrogen-bond acceptors (Lipinski definition) is 6. The number of anilines is 2. The second-order valence-corrected chi connectivity index (χ2v) is 12.4. The topological polar surface area (TPSA) is 84.3 Å². The van der Waals surface area contributed by atoms with Crippen LogP contribution in [0.1, 0.15) is 68.7 Å². The number of allylic oxidation sites excluding steroid dienone is 3. The molecule has 2 N–H and O–H groups in total. The Morgan fingerprint density at radius 2 is 2.05 bits per heavy atom. The number of nitrogens with zero attached hydrogens (tertiary/aromatic N) is 4. The van der Waals surface area contributed by atoms with Crippen LogP contribution in [0.15, 0.2) is 36.1 Å². The summed E-state index contributed by atoms with van der Waals surface area (Å²) in [6.45, 7) is 6.54. The number of halogens is 2. The third-order valence-electron chi connectivity index (χ3n) is 10.2. The predicted octanol–water partition coefficient (Wildman–Crippen LogP) is 4.97. The van der Waals surface area contributed by atoms with Crippen LogP contribution in [-0.2, 0) is 9.53 Å². The molecule has 0 bridgehead atoms. The predicted molar refractivity (Wildman–Crippen MR) is 151 cm³/mol. The van der Waals surface area contributed by atoms with Gasteiger partial charge in [-0.05, 0) is 87.0 Å². The molecule has 3 aliphatic heterocycles. The summed E-state index contributed by atoms with van der Waals surface area (Å²) in [6.07, 6.45) is 9.63. The largest absolute Gasteiger partial charge is 0.377 e. The van der Waals surface area contributed by atoms with Gasteiger partial charge in [-0.25, -0.2) is 8.78 Å². The van der Waals surface area contributed by atoms with Gasteiger partial charge < -0.3 is 20.3 Å². The summed E-state index contributed by atoms with van der Waals surface area (Å²) >= 11 is 0. The van der Waals surface area contributed by atoms with E-state index in [1.165, 1.54) is 24.5 Å². The van der Waals surface area contributed by atoms with Gasteiger partial charge in [-0.1, -0.05) is 12.7 Å². The number of hydrogen-bond donors (Lipinski definition) is 2. The third kappa shape index (κ3) is 3.94. The summed E-state index contributed by atoms with van der Waals surface area (Å²) in [5.41, 5.74) is 4.34. The van der Waals surface area contributed by atoms with Gasteiger partial charge in [-0.2, -0.15) is 9.67 Å². The maximum absolute atomic E-state index is 14.9. The first kappa shape index (κ1) is 25.3. The number of fused-ring (bicyclic) bond motifs is 4. The van der Waals surface area contributed by atoms with Crippen LogP contribution in [0.5, 0.6) is 0 Å². The fraction of sp³-hybridized carbons (Fsp3) is 0.516. The molecule has 8 rings (SSSR count). The molecule has 3 fully saturated rings. The Bertz CT molecular complexity index is 1540. The van der Waals surface area contributed by atoms with Crippen molar-refractivity contribution in [3.05, 3.63) is 59.1 Å². The minimum Gasteiger partial charge on any atom is -0.377 e. The van der Waals surface area contributed by atoms with Gasteiger partial charge in [-0.15, -0.1) is 5.10 Å². The van der Waals surface area contributed by atoms with E-state index in [1.807, 2.05) is 11.0 Å². The molecule has 0 radical (unpaired) electrons. The molecule has 6 aliphatic rings. The lowest BCUT2D eigenvalue weighted by atomic mass is 9.55. The standard InChI is InChI=1S/C31H34F2N6O2/c1-17-28-26(6-9-31(28)10-11-34-24-5-4-21(24)31)38(30-36-29(37-39(17)30)19-7-12-41-13-8-19)16-27(40)35-25-15-22(32)20(14-23(25)33)18-2-3-18/h7,14-15,18,21,24,34H,1-6,8-13,16H2,(H,35,40)/t21?,24?,31-/m0/s1. The Morgan fingerprint density at radius 3 is 2.80 bits per heavy atom. The number of benzene rings is 1. The van der Waals surface area contributed by atoms with Crippen molar-refractivity contribution in [2.75, 3.05) is 36.5 Å². The van der Waals surface area contributed by atoms with Crippen molar-refractivity contribution >= 4 is 28.8 Å². The number of nitrogens with one attached hydrogen (secondary N) is 2. The SMILES string of the molecule is C=C1C2=C(CC[C@@]23CCNC2CCC23)N(CC(=O)Nc2cc(F)c(C3CC3)cc2F)c2nc(C3=CCOCC3)nn21. The smallest absolute Gasteiger partial charge is 0.244 e. The highest BCUT2D eigenvalue weighted by Crippen LogP contribution is 2.62. The van der Waals surface area contributed by atoms with Crippen molar-refractivity contribution in [1.82, 2.24) is 20.1 Å². The van der Waals surface area contributed by atoms with Crippen molar-refractivity contribution in [3.63, 3.8) is 0 Å². The first-order chi connectivity index (χ1) is 19.9. The fourth-order valence-electron chi connectivity index (χ4n) is 7.91. The summed E-state index contributed by atoms with van der Waals surface area (Å²) < 4.78 is 36.9. The van der Waals surface area contributed by atoms with Crippen molar-refractivity contribution in [2.24, 2.45) is 11.3 Å². The van der Waals surface area contributed by atoms with Crippen LogP contribution >= 0.6 is 0 Å². The minimum absolute atomic E-state index is 0.00899. The van der Waals surface area contributed by atoms with Gasteiger partial charge in [0.1, 0.15) is 18.2 Å². The van der Waals surface area contributed by atoms with Gasteiger partial charge in [0.15, 0.2) is 5.82 Å². The van der Waals surface area contributed by atoms with E-state index in [2.05, 4.69) is 17.2 Å². The van der Waals surface area contributed by atoms with Crippen LogP contribution in [0.4, 0.5) is 20.4 Å². The van der Waals surface area contributed by atoms with Gasteiger partial charge in [-0.3, -0.25) is 4.79 Å². The zero-order valence-electron chi connectivity index (χ0n) is 23.0. The number of rotatable bonds is 5. The second kappa shape index (κ2) is 9.32. The van der Waals surface area contributed by atoms with E-state index in [9.17, 15) is 13.6 Å². The molecule has 2 unspecified atom stereocenters. The van der Waals surface area contributed by atoms with Gasteiger partial charge in [0, 0.05) is 28.8 Å². The molecule has 2 saturated carbocycles. The number of carbonyl (C=O) groups is 1. The average molecular weight is 561 g/mol. The molecule has 1 saturated heterocycles. The van der Waals surface area contributed by atoms with E-state index in [-0.39, 0.29) is 23.6 Å². The Kier molecular flexibility index (Phi) is 5.76. The Balaban J connectivity index is 1.15. The summed E-state index contributed by atoms with van der Waals surface area (Å²) in [4.78, 5) is 20.3. The first-order valence-corrected chi connectivity index (χ1v) is 14.9. The zero-order valence-corrected chi connectivity index (χ0v) is 23.0. The lowest BCUT2D eigenvalue weighted by Gasteiger charge is -2.55. The lowest BCUT2D eigenvalue weighted by Crippen LogP contribution is -2.58. The molecule has 1 aromatic carbocycles. The van der Waals surface area contributed by atoms with E-state index in [4.69, 9.17) is 14.8 Å². The highest BCUT2D eigenvalue weighted by Gasteiger charge is 2.57. The molecular weight excluding hydrogens is 526 g/mol. The van der Waals surface area contributed by atoms with Gasteiger partial charge >= 0.3 is 0 Å². The second-order valence-electron chi connectivity index (χ2n) is 12.4. The highest BCUT2D eigenvalue weighted by atomic mass is 19.1. The molecule has 3 aliphatic carbocycles. The summed E-state index contributed by atoms with van der Waals surface area (Å²) in [5.74, 6) is 0.232. The fourth-order valence-corrected chi connectivity index (χ4v) is 7.91. The molecular formula is C31H34F2N6O2. The number of amides is 1. The van der Waals surface area contributed by atoms with E-state index in [0.29, 0.717) is 48.9 Å². The van der Waals surface area contributed by atoms with Crippen LogP contribution in [0, 0.1) is 23.0 Å². The van der Waals surface area contributed by atoms with Crippen LogP contribution in [0.2, 0.25) is 0 Å². The monoisotopic (exact) mass is 560 g/mol. The number of piperidine rings is 1. The van der Waals surface area contributed by atoms with Crippen LogP contribution in [0.25, 0.3) is 11.3 Å². The van der Waals surface area contributed by atoms with Crippen molar-refractivity contribution in [2.45, 2.75) is 63.3 Å². The molecule has 1 amide bonds. The van der Waals surface area contributed by atoms with E-state index < -0.39 is 17.5 Å². The minimum atomic E-state index is -0.615. The van der Waals surface area contributed by atoms with Crippen LogP contribution in [-0.4, -0.2) is 53.0 Å². The quantitative estimate of drug-likeness (QED) is 0.537. The maximum atomic E-state index is 14.9. The Morgan fingerprint density at radius 1 is 1.17 bits per heavy atom. The number of ether oxygens (including phenoxy) is 1. The van der Waals surface area contributed by atoms with Crippen LogP contribution < -0.4 is 15.5 Å². The van der Waals surface area contributed by atoms with Crippen molar-refractivity contribution in [3.8, 4) is 0 Å². The van der Waals surface area contributed by atoms with Gasteiger partial charge in [0.05, 0.1) is 24.6 Å². The molecule has 8 nitrogen and oxygen atoms in total. The van der Waals surface area contributed by atoms with Crippen LogP contribution in [0.3, 0.4) is 0 Å². The Hall–Kier alpha value is -3.37. The van der Waals surface area contributed by atoms with Gasteiger partial charge in [0.2, 0.25) is 11.9 Å². The maximum Gasteiger partial charge on any atom is 0.244 e. The Labute approximate surface area is 237 Å². The molecule has 3 atom stereocenters. The zero-order chi connectivity index (χ0) is 27.9. The first-order valence-electron chi connectivity index (χ1n) is 14.9. The summed E-state index contributed by atoms with van der Waals surface area (Å²) in [6, 6.07) is 2.85. The average Bonchev–Trinajstić information content (AvgIpc) is 3.58.